The molecule has 192 valence electrons. The topological polar surface area (TPSA) is 119 Å². The van der Waals surface area contributed by atoms with Gasteiger partial charge in [0.15, 0.2) is 5.82 Å². The number of benzene rings is 2. The molecular formula is C26H29N7O3S. The molecule has 10 nitrogen and oxygen atoms in total. The summed E-state index contributed by atoms with van der Waals surface area (Å²) in [7, 11) is 0. The Bertz CT molecular complexity index is 1450. The summed E-state index contributed by atoms with van der Waals surface area (Å²) in [6.07, 6.45) is -0.306. The van der Waals surface area contributed by atoms with E-state index < -0.39 is 5.60 Å². The van der Waals surface area contributed by atoms with E-state index in [4.69, 9.17) is 10.5 Å². The van der Waals surface area contributed by atoms with Crippen molar-refractivity contribution in [3.8, 4) is 5.13 Å². The van der Waals surface area contributed by atoms with Crippen LogP contribution in [0.25, 0.3) is 16.0 Å². The maximum atomic E-state index is 13.1. The van der Waals surface area contributed by atoms with E-state index in [1.807, 2.05) is 69.3 Å². The lowest BCUT2D eigenvalue weighted by atomic mass is 10.2. The number of nitrogen functional groups attached to an aromatic ring is 1. The Balaban J connectivity index is 1.28. The van der Waals surface area contributed by atoms with E-state index in [1.54, 1.807) is 15.0 Å². The van der Waals surface area contributed by atoms with Gasteiger partial charge in [-0.3, -0.25) is 4.79 Å². The second-order valence-corrected chi connectivity index (χ2v) is 10.6. The van der Waals surface area contributed by atoms with Crippen molar-refractivity contribution >= 4 is 51.4 Å². The smallest absolute Gasteiger partial charge is 0.410 e. The van der Waals surface area contributed by atoms with Crippen LogP contribution in [-0.4, -0.2) is 63.4 Å². The summed E-state index contributed by atoms with van der Waals surface area (Å²) in [4.78, 5) is 33.9. The molecule has 0 atom stereocenters. The Kier molecular flexibility index (Phi) is 6.46. The van der Waals surface area contributed by atoms with Crippen molar-refractivity contribution in [3.63, 3.8) is 0 Å². The molecule has 2 aromatic carbocycles. The summed E-state index contributed by atoms with van der Waals surface area (Å²) in [5.41, 5.74) is 8.22. The lowest BCUT2D eigenvalue weighted by Gasteiger charge is -2.37. The van der Waals surface area contributed by atoms with E-state index in [2.05, 4.69) is 20.3 Å². The number of anilines is 3. The highest BCUT2D eigenvalue weighted by atomic mass is 32.1. The second kappa shape index (κ2) is 9.74. The Morgan fingerprint density at radius 3 is 2.49 bits per heavy atom. The zero-order chi connectivity index (χ0) is 26.2. The molecule has 37 heavy (non-hydrogen) atoms. The molecule has 0 saturated carbocycles. The summed E-state index contributed by atoms with van der Waals surface area (Å²) >= 11 is 1.32. The summed E-state index contributed by atoms with van der Waals surface area (Å²) in [5, 5.41) is 10.5. The second-order valence-electron chi connectivity index (χ2n) is 9.76. The molecule has 2 aromatic heterocycles. The predicted octanol–water partition coefficient (Wildman–Crippen LogP) is 4.37. The van der Waals surface area contributed by atoms with Gasteiger partial charge in [-0.1, -0.05) is 24.3 Å². The molecule has 0 radical (unpaired) electrons. The molecule has 3 heterocycles. The first-order chi connectivity index (χ1) is 17.7. The molecule has 0 aliphatic carbocycles. The minimum atomic E-state index is -0.530. The molecule has 3 N–H and O–H groups in total. The molecule has 1 aliphatic rings. The molecule has 11 heteroatoms. The van der Waals surface area contributed by atoms with Gasteiger partial charge in [0, 0.05) is 36.9 Å². The number of amides is 2. The summed E-state index contributed by atoms with van der Waals surface area (Å²) in [5.74, 6) is 0.101. The third-order valence-corrected chi connectivity index (χ3v) is 6.76. The number of aromatic nitrogens is 3. The molecule has 1 fully saturated rings. The van der Waals surface area contributed by atoms with Crippen LogP contribution in [0.3, 0.4) is 0 Å². The fourth-order valence-electron chi connectivity index (χ4n) is 4.20. The first kappa shape index (κ1) is 24.6. The lowest BCUT2D eigenvalue weighted by molar-refractivity contribution is 0.0240. The standard InChI is InChI=1S/C26H29N7O3S/c1-26(2,3)36-25(35)32-14-12-31(13-15-32)21-11-7-5-9-18(21)28-23(34)19-16-37-24(29-19)33-20-10-6-4-8-17(20)22(27)30-33/h4-11,16H,12-15H2,1-3H3,(H2,27,30)(H,28,34). The Hall–Kier alpha value is -4.12. The number of thiazole rings is 1. The van der Waals surface area contributed by atoms with E-state index >= 15 is 0 Å². The van der Waals surface area contributed by atoms with Gasteiger partial charge in [-0.2, -0.15) is 0 Å². The fourth-order valence-corrected chi connectivity index (χ4v) is 4.97. The Morgan fingerprint density at radius 2 is 1.73 bits per heavy atom. The van der Waals surface area contributed by atoms with Crippen LogP contribution in [0, 0.1) is 0 Å². The molecule has 2 amide bonds. The van der Waals surface area contributed by atoms with Crippen LogP contribution in [0.15, 0.2) is 53.9 Å². The maximum Gasteiger partial charge on any atom is 0.410 e. The molecule has 5 rings (SSSR count). The summed E-state index contributed by atoms with van der Waals surface area (Å²) in [6.45, 7) is 7.90. The van der Waals surface area contributed by atoms with Crippen molar-refractivity contribution in [2.75, 3.05) is 42.1 Å². The van der Waals surface area contributed by atoms with Crippen LogP contribution in [-0.2, 0) is 4.74 Å². The molecule has 4 aromatic rings. The third-order valence-electron chi connectivity index (χ3n) is 5.95. The first-order valence-corrected chi connectivity index (χ1v) is 12.9. The number of hydrogen-bond donors (Lipinski definition) is 2. The van der Waals surface area contributed by atoms with Gasteiger partial charge in [0.25, 0.3) is 5.91 Å². The quantitative estimate of drug-likeness (QED) is 0.411. The van der Waals surface area contributed by atoms with Gasteiger partial charge in [-0.15, -0.1) is 16.4 Å². The van der Waals surface area contributed by atoms with Crippen molar-refractivity contribution < 1.29 is 14.3 Å². The van der Waals surface area contributed by atoms with Crippen LogP contribution in [0.5, 0.6) is 0 Å². The SMILES string of the molecule is CC(C)(C)OC(=O)N1CCN(c2ccccc2NC(=O)c2csc(-n3nc(N)c4ccccc43)n2)CC1. The number of fused-ring (bicyclic) bond motifs is 1. The van der Waals surface area contributed by atoms with Gasteiger partial charge in [0.05, 0.1) is 16.9 Å². The van der Waals surface area contributed by atoms with E-state index in [1.165, 1.54) is 11.3 Å². The number of piperazine rings is 1. The Morgan fingerprint density at radius 1 is 1.03 bits per heavy atom. The highest BCUT2D eigenvalue weighted by Crippen LogP contribution is 2.29. The number of nitrogens with two attached hydrogens (primary N) is 1. The lowest BCUT2D eigenvalue weighted by Crippen LogP contribution is -2.50. The minimum Gasteiger partial charge on any atom is -0.444 e. The largest absolute Gasteiger partial charge is 0.444 e. The van der Waals surface area contributed by atoms with Gasteiger partial charge in [-0.25, -0.2) is 14.5 Å². The van der Waals surface area contributed by atoms with Gasteiger partial charge in [0.2, 0.25) is 5.13 Å². The maximum absolute atomic E-state index is 13.1. The van der Waals surface area contributed by atoms with Gasteiger partial charge < -0.3 is 25.6 Å². The van der Waals surface area contributed by atoms with Crippen LogP contribution in [0.2, 0.25) is 0 Å². The number of nitrogens with zero attached hydrogens (tertiary/aromatic N) is 5. The van der Waals surface area contributed by atoms with Crippen LogP contribution in [0.1, 0.15) is 31.3 Å². The zero-order valence-electron chi connectivity index (χ0n) is 21.0. The number of hydrogen-bond acceptors (Lipinski definition) is 8. The molecule has 0 spiro atoms. The highest BCUT2D eigenvalue weighted by Gasteiger charge is 2.27. The number of carbonyl (C=O) groups is 2. The number of nitrogens with one attached hydrogen (secondary N) is 1. The highest BCUT2D eigenvalue weighted by molar-refractivity contribution is 7.12. The van der Waals surface area contributed by atoms with E-state index in [0.29, 0.717) is 48.5 Å². The first-order valence-electron chi connectivity index (χ1n) is 12.0. The average molecular weight is 520 g/mol. The van der Waals surface area contributed by atoms with Crippen LogP contribution < -0.4 is 16.0 Å². The van der Waals surface area contributed by atoms with E-state index in [-0.39, 0.29) is 12.0 Å². The molecular weight excluding hydrogens is 490 g/mol. The molecule has 0 unspecified atom stereocenters. The monoisotopic (exact) mass is 519 g/mol. The third kappa shape index (κ3) is 5.21. The number of ether oxygens (including phenoxy) is 1. The van der Waals surface area contributed by atoms with Crippen LogP contribution in [0.4, 0.5) is 22.0 Å². The molecule has 1 saturated heterocycles. The van der Waals surface area contributed by atoms with Gasteiger partial charge in [0.1, 0.15) is 11.3 Å². The summed E-state index contributed by atoms with van der Waals surface area (Å²) < 4.78 is 7.15. The number of rotatable bonds is 4. The normalized spacial score (nSPS) is 14.1. The minimum absolute atomic E-state index is 0.294. The number of carbonyl (C=O) groups excluding carboxylic acids is 2. The van der Waals surface area contributed by atoms with Crippen molar-refractivity contribution in [2.24, 2.45) is 0 Å². The zero-order valence-corrected chi connectivity index (χ0v) is 21.8. The van der Waals surface area contributed by atoms with Gasteiger partial charge in [-0.05, 0) is 45.0 Å². The van der Waals surface area contributed by atoms with Crippen LogP contribution >= 0.6 is 11.3 Å². The average Bonchev–Trinajstić information content (AvgIpc) is 3.49. The van der Waals surface area contributed by atoms with E-state index in [0.717, 1.165) is 16.6 Å². The van der Waals surface area contributed by atoms with Crippen molar-refractivity contribution in [2.45, 2.75) is 26.4 Å². The predicted molar refractivity (Wildman–Crippen MR) is 146 cm³/mol. The Labute approximate surface area is 218 Å². The fraction of sp³-hybridized carbons (Fsp3) is 0.308. The van der Waals surface area contributed by atoms with Crippen molar-refractivity contribution in [1.29, 1.82) is 0 Å². The van der Waals surface area contributed by atoms with Crippen molar-refractivity contribution in [3.05, 3.63) is 59.6 Å². The van der Waals surface area contributed by atoms with Gasteiger partial charge >= 0.3 is 6.09 Å². The summed E-state index contributed by atoms with van der Waals surface area (Å²) in [6, 6.07) is 15.3. The van der Waals surface area contributed by atoms with E-state index in [9.17, 15) is 9.59 Å². The number of para-hydroxylation sites is 3. The molecule has 0 bridgehead atoms. The molecule has 1 aliphatic heterocycles. The van der Waals surface area contributed by atoms with Crippen molar-refractivity contribution in [1.82, 2.24) is 19.7 Å².